The predicted molar refractivity (Wildman–Crippen MR) is 86.7 cm³/mol. The molecular weight excluding hydrogens is 278 g/mol. The van der Waals surface area contributed by atoms with E-state index in [9.17, 15) is 5.11 Å². The highest BCUT2D eigenvalue weighted by molar-refractivity contribution is 5.46. The van der Waals surface area contributed by atoms with E-state index in [1.807, 2.05) is 13.0 Å². The fraction of sp³-hybridized carbons (Fsp3) is 0.667. The molecule has 0 radical (unpaired) electrons. The number of hydrogen-bond acceptors (Lipinski definition) is 4. The van der Waals surface area contributed by atoms with E-state index in [-0.39, 0.29) is 11.5 Å². The molecule has 0 unspecified atom stereocenters. The standard InChI is InChI=1S/C18H27NO3/c1-4-22-15-6-5-13(11-16(15)21-3)18-8-7-14(20)12-17(18)19(2)10-9-18/h5-6,11,14,17,20H,4,7-10,12H2,1-3H3/t14-,17-,18-/m0/s1. The number of benzene rings is 1. The molecule has 1 N–H and O–H groups in total. The van der Waals surface area contributed by atoms with Gasteiger partial charge in [-0.15, -0.1) is 0 Å². The van der Waals surface area contributed by atoms with Crippen molar-refractivity contribution < 1.29 is 14.6 Å². The second-order valence-electron chi connectivity index (χ2n) is 6.63. The largest absolute Gasteiger partial charge is 0.493 e. The van der Waals surface area contributed by atoms with Gasteiger partial charge in [-0.3, -0.25) is 0 Å². The molecule has 1 heterocycles. The fourth-order valence-electron chi connectivity index (χ4n) is 4.35. The molecule has 2 fully saturated rings. The van der Waals surface area contributed by atoms with Crippen LogP contribution in [0.1, 0.15) is 38.2 Å². The second-order valence-corrected chi connectivity index (χ2v) is 6.63. The number of rotatable bonds is 4. The maximum atomic E-state index is 10.1. The van der Waals surface area contributed by atoms with Crippen LogP contribution in [0.25, 0.3) is 0 Å². The van der Waals surface area contributed by atoms with Gasteiger partial charge in [0.25, 0.3) is 0 Å². The molecule has 1 saturated carbocycles. The van der Waals surface area contributed by atoms with Crippen LogP contribution in [0.5, 0.6) is 11.5 Å². The third kappa shape index (κ3) is 2.48. The fourth-order valence-corrected chi connectivity index (χ4v) is 4.35. The number of methoxy groups -OCH3 is 1. The van der Waals surface area contributed by atoms with Crippen molar-refractivity contribution in [2.24, 2.45) is 0 Å². The Labute approximate surface area is 133 Å². The molecule has 0 aromatic heterocycles. The summed E-state index contributed by atoms with van der Waals surface area (Å²) in [6.07, 6.45) is 3.78. The number of hydrogen-bond donors (Lipinski definition) is 1. The average molecular weight is 305 g/mol. The van der Waals surface area contributed by atoms with Gasteiger partial charge in [-0.1, -0.05) is 6.07 Å². The summed E-state index contributed by atoms with van der Waals surface area (Å²) >= 11 is 0. The molecule has 0 amide bonds. The summed E-state index contributed by atoms with van der Waals surface area (Å²) in [6, 6.07) is 6.79. The van der Waals surface area contributed by atoms with Crippen molar-refractivity contribution in [3.63, 3.8) is 0 Å². The van der Waals surface area contributed by atoms with Crippen molar-refractivity contribution in [3.8, 4) is 11.5 Å². The van der Waals surface area contributed by atoms with Gasteiger partial charge in [-0.25, -0.2) is 0 Å². The molecule has 3 atom stereocenters. The highest BCUT2D eigenvalue weighted by Crippen LogP contribution is 2.49. The number of fused-ring (bicyclic) bond motifs is 1. The summed E-state index contributed by atoms with van der Waals surface area (Å²) in [6.45, 7) is 3.71. The molecule has 4 nitrogen and oxygen atoms in total. The molecular formula is C18H27NO3. The van der Waals surface area contributed by atoms with E-state index in [0.717, 1.165) is 43.7 Å². The number of likely N-dealkylation sites (N-methyl/N-ethyl adjacent to an activating group) is 1. The van der Waals surface area contributed by atoms with Crippen LogP contribution in [0.3, 0.4) is 0 Å². The molecule has 22 heavy (non-hydrogen) atoms. The molecule has 0 bridgehead atoms. The van der Waals surface area contributed by atoms with E-state index in [0.29, 0.717) is 12.6 Å². The minimum atomic E-state index is -0.164. The molecule has 0 spiro atoms. The van der Waals surface area contributed by atoms with Crippen molar-refractivity contribution in [2.45, 2.75) is 50.2 Å². The normalized spacial score (nSPS) is 31.8. The van der Waals surface area contributed by atoms with Gasteiger partial charge >= 0.3 is 0 Å². The Morgan fingerprint density at radius 1 is 1.32 bits per heavy atom. The highest BCUT2D eigenvalue weighted by atomic mass is 16.5. The zero-order chi connectivity index (χ0) is 15.7. The third-order valence-corrected chi connectivity index (χ3v) is 5.54. The lowest BCUT2D eigenvalue weighted by Crippen LogP contribution is -2.47. The summed E-state index contributed by atoms with van der Waals surface area (Å²) in [7, 11) is 3.87. The molecule has 1 saturated heterocycles. The molecule has 2 aliphatic rings. The van der Waals surface area contributed by atoms with Gasteiger partial charge in [0, 0.05) is 11.5 Å². The molecule has 3 rings (SSSR count). The van der Waals surface area contributed by atoms with Crippen LogP contribution in [0, 0.1) is 0 Å². The van der Waals surface area contributed by atoms with Gasteiger partial charge in [0.2, 0.25) is 0 Å². The van der Waals surface area contributed by atoms with E-state index < -0.39 is 0 Å². The Hall–Kier alpha value is -1.26. The first kappa shape index (κ1) is 15.6. The lowest BCUT2D eigenvalue weighted by Gasteiger charge is -2.43. The lowest BCUT2D eigenvalue weighted by atomic mass is 9.65. The second kappa shape index (κ2) is 6.09. The molecule has 4 heteroatoms. The average Bonchev–Trinajstić information content (AvgIpc) is 2.86. The first-order chi connectivity index (χ1) is 10.6. The van der Waals surface area contributed by atoms with E-state index in [1.54, 1.807) is 7.11 Å². The summed E-state index contributed by atoms with van der Waals surface area (Å²) in [4.78, 5) is 2.41. The smallest absolute Gasteiger partial charge is 0.161 e. The van der Waals surface area contributed by atoms with Crippen LogP contribution >= 0.6 is 0 Å². The van der Waals surface area contributed by atoms with Crippen LogP contribution in [-0.4, -0.2) is 49.5 Å². The molecule has 1 aliphatic heterocycles. The highest BCUT2D eigenvalue weighted by Gasteiger charge is 2.50. The first-order valence-corrected chi connectivity index (χ1v) is 8.30. The maximum absolute atomic E-state index is 10.1. The SMILES string of the molecule is CCOc1ccc([C@@]23CC[C@H](O)C[C@@H]2N(C)CC3)cc1OC. The van der Waals surface area contributed by atoms with Crippen LogP contribution < -0.4 is 9.47 Å². The number of ether oxygens (including phenoxy) is 2. The third-order valence-electron chi connectivity index (χ3n) is 5.54. The van der Waals surface area contributed by atoms with Crippen LogP contribution in [-0.2, 0) is 5.41 Å². The molecule has 122 valence electrons. The Kier molecular flexibility index (Phi) is 4.33. The molecule has 1 aliphatic carbocycles. The van der Waals surface area contributed by atoms with Gasteiger partial charge in [-0.2, -0.15) is 0 Å². The van der Waals surface area contributed by atoms with Crippen molar-refractivity contribution in [3.05, 3.63) is 23.8 Å². The van der Waals surface area contributed by atoms with Gasteiger partial charge in [-0.05, 0) is 63.9 Å². The van der Waals surface area contributed by atoms with Crippen molar-refractivity contribution >= 4 is 0 Å². The van der Waals surface area contributed by atoms with Crippen molar-refractivity contribution in [2.75, 3.05) is 27.3 Å². The van der Waals surface area contributed by atoms with Crippen LogP contribution in [0.4, 0.5) is 0 Å². The van der Waals surface area contributed by atoms with Gasteiger partial charge in [0.05, 0.1) is 19.8 Å². The summed E-state index contributed by atoms with van der Waals surface area (Å²) < 4.78 is 11.2. The van der Waals surface area contributed by atoms with E-state index in [4.69, 9.17) is 9.47 Å². The molecule has 1 aromatic carbocycles. The summed E-state index contributed by atoms with van der Waals surface area (Å²) in [5, 5.41) is 10.1. The maximum Gasteiger partial charge on any atom is 0.161 e. The minimum Gasteiger partial charge on any atom is -0.493 e. The number of nitrogens with zero attached hydrogens (tertiary/aromatic N) is 1. The van der Waals surface area contributed by atoms with E-state index in [2.05, 4.69) is 24.1 Å². The van der Waals surface area contributed by atoms with Crippen molar-refractivity contribution in [1.82, 2.24) is 4.90 Å². The first-order valence-electron chi connectivity index (χ1n) is 8.30. The Morgan fingerprint density at radius 2 is 2.14 bits per heavy atom. The number of aliphatic hydroxyl groups is 1. The summed E-state index contributed by atoms with van der Waals surface area (Å²) in [5.41, 5.74) is 1.47. The van der Waals surface area contributed by atoms with E-state index in [1.165, 1.54) is 5.56 Å². The van der Waals surface area contributed by atoms with Crippen molar-refractivity contribution in [1.29, 1.82) is 0 Å². The number of aliphatic hydroxyl groups excluding tert-OH is 1. The van der Waals surface area contributed by atoms with Gasteiger partial charge in [0.1, 0.15) is 0 Å². The predicted octanol–water partition coefficient (Wildman–Crippen LogP) is 2.58. The summed E-state index contributed by atoms with van der Waals surface area (Å²) in [5.74, 6) is 1.62. The minimum absolute atomic E-state index is 0.145. The zero-order valence-corrected chi connectivity index (χ0v) is 13.8. The monoisotopic (exact) mass is 305 g/mol. The Balaban J connectivity index is 1.98. The van der Waals surface area contributed by atoms with Crippen LogP contribution in [0.15, 0.2) is 18.2 Å². The van der Waals surface area contributed by atoms with Crippen LogP contribution in [0.2, 0.25) is 0 Å². The lowest BCUT2D eigenvalue weighted by molar-refractivity contribution is 0.0566. The van der Waals surface area contributed by atoms with Gasteiger partial charge < -0.3 is 19.5 Å². The molecule has 1 aromatic rings. The Bertz CT molecular complexity index is 533. The zero-order valence-electron chi connectivity index (χ0n) is 13.8. The topological polar surface area (TPSA) is 41.9 Å². The Morgan fingerprint density at radius 3 is 2.86 bits per heavy atom. The quantitative estimate of drug-likeness (QED) is 0.928. The van der Waals surface area contributed by atoms with Gasteiger partial charge in [0.15, 0.2) is 11.5 Å². The van der Waals surface area contributed by atoms with E-state index >= 15 is 0 Å². The number of likely N-dealkylation sites (tertiary alicyclic amines) is 1.